The summed E-state index contributed by atoms with van der Waals surface area (Å²) < 4.78 is 46.1. The first-order valence-corrected chi connectivity index (χ1v) is 23.8. The lowest BCUT2D eigenvalue weighted by Crippen LogP contribution is -2.55. The van der Waals surface area contributed by atoms with Gasteiger partial charge in [-0.2, -0.15) is 11.8 Å². The van der Waals surface area contributed by atoms with Crippen molar-refractivity contribution in [1.82, 2.24) is 15.4 Å². The number of carbonyl (C=O) groups excluding carboxylic acids is 3. The van der Waals surface area contributed by atoms with Crippen LogP contribution in [-0.2, 0) is 45.0 Å². The third-order valence-corrected chi connectivity index (χ3v) is 13.2. The van der Waals surface area contributed by atoms with Crippen molar-refractivity contribution < 1.29 is 37.0 Å². The maximum atomic E-state index is 13.2. The van der Waals surface area contributed by atoms with Crippen LogP contribution in [0.25, 0.3) is 10.8 Å². The molecule has 0 heterocycles. The van der Waals surface area contributed by atoms with Gasteiger partial charge in [0.1, 0.15) is 6.04 Å². The first-order valence-electron chi connectivity index (χ1n) is 21.2. The quantitative estimate of drug-likeness (QED) is 0.0604. The molecule has 3 rings (SSSR count). The van der Waals surface area contributed by atoms with Gasteiger partial charge in [-0.05, 0) is 107 Å². The second kappa shape index (κ2) is 25.1. The minimum absolute atomic E-state index is 0.112. The monoisotopic (exact) mass is 849 g/mol. The molecule has 13 nitrogen and oxygen atoms in total. The van der Waals surface area contributed by atoms with E-state index in [0.29, 0.717) is 37.5 Å². The zero-order chi connectivity index (χ0) is 42.8. The fourth-order valence-corrected chi connectivity index (χ4v) is 9.46. The molecule has 7 N–H and O–H groups in total. The highest BCUT2D eigenvalue weighted by Crippen LogP contribution is 2.29. The highest BCUT2D eigenvalue weighted by atomic mass is 32.2. The molecule has 4 unspecified atom stereocenters. The van der Waals surface area contributed by atoms with E-state index in [2.05, 4.69) is 15.4 Å². The van der Waals surface area contributed by atoms with Gasteiger partial charge in [0.25, 0.3) is 11.8 Å². The average Bonchev–Trinajstić information content (AvgIpc) is 3.18. The fraction of sp³-hybridized carbons (Fsp3) is 0.698. The second-order valence-corrected chi connectivity index (χ2v) is 19.3. The van der Waals surface area contributed by atoms with E-state index in [1.54, 1.807) is 37.7 Å². The Morgan fingerprint density at radius 3 is 2.21 bits per heavy atom. The van der Waals surface area contributed by atoms with Crippen molar-refractivity contribution in [2.45, 2.75) is 165 Å². The van der Waals surface area contributed by atoms with E-state index in [9.17, 15) is 22.8 Å². The highest BCUT2D eigenvalue weighted by Gasteiger charge is 2.34. The first kappa shape index (κ1) is 49.6. The summed E-state index contributed by atoms with van der Waals surface area (Å²) in [5.41, 5.74) is 14.1. The minimum Gasteiger partial charge on any atom is -0.464 e. The molecule has 328 valence electrons. The van der Waals surface area contributed by atoms with Gasteiger partial charge in [0.2, 0.25) is 10.0 Å². The molecule has 0 aromatic heterocycles. The number of benzene rings is 2. The molecule has 0 saturated heterocycles. The largest absolute Gasteiger partial charge is 0.464 e. The number of rotatable bonds is 26. The van der Waals surface area contributed by atoms with Crippen molar-refractivity contribution in [1.29, 1.82) is 0 Å². The van der Waals surface area contributed by atoms with E-state index in [1.807, 2.05) is 58.9 Å². The summed E-state index contributed by atoms with van der Waals surface area (Å²) in [5, 5.41) is 7.29. The number of unbranched alkanes of at least 4 members (excludes halogenated alkanes) is 2. The van der Waals surface area contributed by atoms with E-state index in [4.69, 9.17) is 25.7 Å². The summed E-state index contributed by atoms with van der Waals surface area (Å²) in [6.45, 7) is 13.7. The number of nitrogens with one attached hydrogen (secondary N) is 3. The summed E-state index contributed by atoms with van der Waals surface area (Å²) in [6, 6.07) is 9.21. The number of hydrogen-bond acceptors (Lipinski definition) is 11. The number of aryl methyl sites for hydroxylation is 1. The third kappa shape index (κ3) is 16.3. The molecule has 0 spiro atoms. The molecule has 0 aliphatic heterocycles. The van der Waals surface area contributed by atoms with Crippen molar-refractivity contribution >= 4 is 50.3 Å². The predicted molar refractivity (Wildman–Crippen MR) is 233 cm³/mol. The molecule has 2 aromatic rings. The molecular formula is C43H71N5O8S2. The average molecular weight is 850 g/mol. The molecule has 1 aliphatic rings. The SMILES string of the molecule is CCOC(=O)[C@@H](C)NC(=O)C(OC(C)C)[C@@H](N)C(C)SCCc1cccc2cc(S(=O)(=O)NCCCCCNC(=O)C(OC(C)C)C(N)CC3CCCCC3)ccc12. The summed E-state index contributed by atoms with van der Waals surface area (Å²) >= 11 is 1.61. The third-order valence-electron chi connectivity index (χ3n) is 10.4. The number of hydrogen-bond donors (Lipinski definition) is 5. The van der Waals surface area contributed by atoms with Gasteiger partial charge in [-0.25, -0.2) is 17.9 Å². The Bertz CT molecular complexity index is 1690. The summed E-state index contributed by atoms with van der Waals surface area (Å²) in [4.78, 5) is 38.5. The van der Waals surface area contributed by atoms with E-state index in [0.717, 1.165) is 42.0 Å². The Kier molecular flexibility index (Phi) is 21.4. The maximum absolute atomic E-state index is 13.2. The number of amides is 2. The number of sulfonamides is 1. The number of esters is 1. The van der Waals surface area contributed by atoms with Gasteiger partial charge in [0.05, 0.1) is 29.8 Å². The van der Waals surface area contributed by atoms with Crippen molar-refractivity contribution in [2.24, 2.45) is 17.4 Å². The van der Waals surface area contributed by atoms with Crippen LogP contribution < -0.4 is 26.8 Å². The molecule has 15 heteroatoms. The van der Waals surface area contributed by atoms with Crippen molar-refractivity contribution in [3.63, 3.8) is 0 Å². The Labute approximate surface area is 351 Å². The fourth-order valence-electron chi connectivity index (χ4n) is 7.28. The number of thioether (sulfide) groups is 1. The molecule has 0 radical (unpaired) electrons. The number of fused-ring (bicyclic) bond motifs is 1. The van der Waals surface area contributed by atoms with Crippen LogP contribution in [0.5, 0.6) is 0 Å². The zero-order valence-electron chi connectivity index (χ0n) is 35.8. The number of ether oxygens (including phenoxy) is 3. The Morgan fingerprint density at radius 1 is 0.862 bits per heavy atom. The van der Waals surface area contributed by atoms with E-state index in [1.165, 1.54) is 19.3 Å². The minimum atomic E-state index is -3.73. The van der Waals surface area contributed by atoms with Gasteiger partial charge < -0.3 is 36.3 Å². The van der Waals surface area contributed by atoms with Crippen LogP contribution in [0.3, 0.4) is 0 Å². The van der Waals surface area contributed by atoms with Crippen LogP contribution in [0, 0.1) is 5.92 Å². The van der Waals surface area contributed by atoms with E-state index >= 15 is 0 Å². The Morgan fingerprint density at radius 2 is 1.53 bits per heavy atom. The van der Waals surface area contributed by atoms with Gasteiger partial charge in [-0.1, -0.05) is 69.7 Å². The van der Waals surface area contributed by atoms with Crippen molar-refractivity contribution in [3.05, 3.63) is 42.0 Å². The first-order chi connectivity index (χ1) is 27.5. The van der Waals surface area contributed by atoms with Crippen LogP contribution in [0.15, 0.2) is 41.3 Å². The van der Waals surface area contributed by atoms with Gasteiger partial charge in [-0.15, -0.1) is 0 Å². The summed E-state index contributed by atoms with van der Waals surface area (Å²) in [6.07, 6.45) is 7.60. The maximum Gasteiger partial charge on any atom is 0.328 e. The van der Waals surface area contributed by atoms with E-state index < -0.39 is 46.2 Å². The second-order valence-electron chi connectivity index (χ2n) is 16.0. The van der Waals surface area contributed by atoms with Crippen LogP contribution in [0.4, 0.5) is 0 Å². The van der Waals surface area contributed by atoms with Crippen molar-refractivity contribution in [3.8, 4) is 0 Å². The standard InChI is InChI=1S/C43H71N5O8S2/c1-8-54-43(51)30(6)48-42(50)40(56-29(4)5)38(45)31(7)57-25-22-33-18-15-19-34-27-35(20-21-36(33)34)58(52,53)47-24-14-10-13-23-46-41(49)39(55-28(2)3)37(44)26-32-16-11-9-12-17-32/h15,18-21,27-32,37-40,47H,8-14,16-17,22-26,44-45H2,1-7H3,(H,46,49)(H,48,50)/t30-,31?,37?,38+,39?,40?/m1/s1. The van der Waals surface area contributed by atoms with Crippen LogP contribution in [0.1, 0.15) is 112 Å². The lowest BCUT2D eigenvalue weighted by atomic mass is 9.84. The van der Waals surface area contributed by atoms with Crippen molar-refractivity contribution in [2.75, 3.05) is 25.4 Å². The van der Waals surface area contributed by atoms with Gasteiger partial charge in [-0.3, -0.25) is 9.59 Å². The highest BCUT2D eigenvalue weighted by molar-refractivity contribution is 7.99. The molecule has 1 fully saturated rings. The van der Waals surface area contributed by atoms with Crippen LogP contribution in [-0.4, -0.2) is 99.4 Å². The van der Waals surface area contributed by atoms with Gasteiger partial charge in [0, 0.05) is 24.4 Å². The molecule has 2 amide bonds. The molecule has 1 saturated carbocycles. The predicted octanol–water partition coefficient (Wildman–Crippen LogP) is 5.35. The molecular weight excluding hydrogens is 779 g/mol. The Balaban J connectivity index is 1.47. The molecule has 2 aromatic carbocycles. The lowest BCUT2D eigenvalue weighted by molar-refractivity contribution is -0.149. The van der Waals surface area contributed by atoms with Crippen LogP contribution in [0.2, 0.25) is 0 Å². The zero-order valence-corrected chi connectivity index (χ0v) is 37.4. The summed E-state index contributed by atoms with van der Waals surface area (Å²) in [5.74, 6) is 0.0853. The van der Waals surface area contributed by atoms with E-state index in [-0.39, 0.29) is 47.5 Å². The number of carbonyl (C=O) groups is 3. The lowest BCUT2D eigenvalue weighted by Gasteiger charge is -2.30. The van der Waals surface area contributed by atoms with Gasteiger partial charge in [0.15, 0.2) is 12.2 Å². The van der Waals surface area contributed by atoms with Gasteiger partial charge >= 0.3 is 5.97 Å². The molecule has 6 atom stereocenters. The van der Waals surface area contributed by atoms with Crippen LogP contribution >= 0.6 is 11.8 Å². The smallest absolute Gasteiger partial charge is 0.328 e. The molecule has 0 bridgehead atoms. The Hall–Kier alpha value is -2.79. The molecule has 58 heavy (non-hydrogen) atoms. The normalized spacial score (nSPS) is 17.1. The molecule has 1 aliphatic carbocycles. The topological polar surface area (TPSA) is 201 Å². The summed E-state index contributed by atoms with van der Waals surface area (Å²) in [7, 11) is -3.73. The number of nitrogens with two attached hydrogens (primary N) is 2.